The Bertz CT molecular complexity index is 1430. The van der Waals surface area contributed by atoms with Crippen LogP contribution in [-0.4, -0.2) is 11.1 Å². The molecule has 0 radical (unpaired) electrons. The molecule has 0 amide bonds. The van der Waals surface area contributed by atoms with Crippen LogP contribution in [-0.2, 0) is 12.8 Å². The maximum absolute atomic E-state index is 2.64. The minimum Gasteiger partial charge on any atom is -0.335 e. The molecule has 5 aromatic rings. The highest BCUT2D eigenvalue weighted by molar-refractivity contribution is 5.72. The summed E-state index contributed by atoms with van der Waals surface area (Å²) in [5.41, 5.74) is 8.12. The Labute approximate surface area is 251 Å². The van der Waals surface area contributed by atoms with E-state index in [9.17, 15) is 0 Å². The molecular formula is C40H40N2. The molecule has 0 bridgehead atoms. The van der Waals surface area contributed by atoms with Crippen molar-refractivity contribution in [2.75, 3.05) is 9.80 Å². The van der Waals surface area contributed by atoms with Crippen LogP contribution in [0.5, 0.6) is 0 Å². The summed E-state index contributed by atoms with van der Waals surface area (Å²) >= 11 is 0. The average molecular weight is 549 g/mol. The molecule has 0 unspecified atom stereocenters. The molecule has 0 saturated heterocycles. The van der Waals surface area contributed by atoms with Crippen molar-refractivity contribution in [2.24, 2.45) is 0 Å². The van der Waals surface area contributed by atoms with Gasteiger partial charge in [0.25, 0.3) is 0 Å². The molecule has 0 N–H and O–H groups in total. The van der Waals surface area contributed by atoms with E-state index in [0.717, 1.165) is 12.8 Å². The van der Waals surface area contributed by atoms with E-state index in [2.05, 4.69) is 155 Å². The zero-order valence-corrected chi connectivity index (χ0v) is 24.4. The van der Waals surface area contributed by atoms with Crippen molar-refractivity contribution in [1.82, 2.24) is 0 Å². The molecule has 2 heteroatoms. The first-order valence-electron chi connectivity index (χ1n) is 15.6. The van der Waals surface area contributed by atoms with Crippen LogP contribution in [0.15, 0.2) is 146 Å². The van der Waals surface area contributed by atoms with Crippen LogP contribution in [0.3, 0.4) is 0 Å². The van der Waals surface area contributed by atoms with Gasteiger partial charge >= 0.3 is 0 Å². The minimum absolute atomic E-state index is 0.0891. The van der Waals surface area contributed by atoms with E-state index in [-0.39, 0.29) is 11.1 Å². The van der Waals surface area contributed by atoms with Crippen molar-refractivity contribution in [1.29, 1.82) is 0 Å². The lowest BCUT2D eigenvalue weighted by Crippen LogP contribution is -2.54. The van der Waals surface area contributed by atoms with E-state index in [4.69, 9.17) is 0 Å². The number of hydrogen-bond acceptors (Lipinski definition) is 2. The maximum Gasteiger partial charge on any atom is 0.0491 e. The highest BCUT2D eigenvalue weighted by atomic mass is 15.2. The van der Waals surface area contributed by atoms with E-state index in [1.165, 1.54) is 72.4 Å². The summed E-state index contributed by atoms with van der Waals surface area (Å²) in [5.74, 6) is 0. The molecule has 0 spiro atoms. The van der Waals surface area contributed by atoms with Gasteiger partial charge in [0.15, 0.2) is 0 Å². The van der Waals surface area contributed by atoms with Gasteiger partial charge in [-0.25, -0.2) is 0 Å². The van der Waals surface area contributed by atoms with Crippen molar-refractivity contribution >= 4 is 22.7 Å². The third-order valence-corrected chi connectivity index (χ3v) is 9.66. The molecule has 7 rings (SSSR count). The lowest BCUT2D eigenvalue weighted by molar-refractivity contribution is 0.243. The molecule has 0 aromatic heterocycles. The lowest BCUT2D eigenvalue weighted by Gasteiger charge is -2.53. The molecule has 0 heterocycles. The molecule has 42 heavy (non-hydrogen) atoms. The number of para-hydroxylation sites is 2. The maximum atomic E-state index is 2.64. The molecule has 5 aromatic carbocycles. The first-order chi connectivity index (χ1) is 20.7. The van der Waals surface area contributed by atoms with Crippen LogP contribution >= 0.6 is 0 Å². The SMILES string of the molecule is c1ccc(CC2(N(c3ccccc3)c3ccc(N(c4ccccc4)C4(Cc5ccccc5)CCC4)cc3)CCC2)cc1. The molecule has 2 nitrogen and oxygen atoms in total. The summed E-state index contributed by atoms with van der Waals surface area (Å²) in [6, 6.07) is 53.6. The molecule has 0 atom stereocenters. The monoisotopic (exact) mass is 548 g/mol. The first-order valence-corrected chi connectivity index (χ1v) is 15.6. The van der Waals surface area contributed by atoms with Crippen LogP contribution in [0, 0.1) is 0 Å². The number of rotatable bonds is 10. The van der Waals surface area contributed by atoms with Gasteiger partial charge in [-0.15, -0.1) is 0 Å². The van der Waals surface area contributed by atoms with Crippen LogP contribution in [0.4, 0.5) is 22.7 Å². The van der Waals surface area contributed by atoms with Crippen molar-refractivity contribution in [3.05, 3.63) is 157 Å². The van der Waals surface area contributed by atoms with Gasteiger partial charge in [-0.2, -0.15) is 0 Å². The van der Waals surface area contributed by atoms with Crippen molar-refractivity contribution in [3.63, 3.8) is 0 Å². The van der Waals surface area contributed by atoms with Gasteiger partial charge < -0.3 is 9.80 Å². The van der Waals surface area contributed by atoms with Crippen LogP contribution < -0.4 is 9.80 Å². The Morgan fingerprint density at radius 2 is 0.643 bits per heavy atom. The van der Waals surface area contributed by atoms with Crippen LogP contribution in [0.2, 0.25) is 0 Å². The zero-order chi connectivity index (χ0) is 28.2. The fourth-order valence-corrected chi connectivity index (χ4v) is 7.38. The third-order valence-electron chi connectivity index (χ3n) is 9.66. The Hall–Kier alpha value is -4.30. The predicted octanol–water partition coefficient (Wildman–Crippen LogP) is 10.3. The van der Waals surface area contributed by atoms with Crippen molar-refractivity contribution in [2.45, 2.75) is 62.4 Å². The van der Waals surface area contributed by atoms with Gasteiger partial charge in [0.1, 0.15) is 0 Å². The molecule has 0 aliphatic heterocycles. The second-order valence-corrected chi connectivity index (χ2v) is 12.3. The smallest absolute Gasteiger partial charge is 0.0491 e. The molecular weight excluding hydrogens is 508 g/mol. The Kier molecular flexibility index (Phi) is 7.30. The van der Waals surface area contributed by atoms with E-state index >= 15 is 0 Å². The summed E-state index contributed by atoms with van der Waals surface area (Å²) in [6.45, 7) is 0. The number of benzene rings is 5. The molecule has 2 aliphatic rings. The molecule has 210 valence electrons. The van der Waals surface area contributed by atoms with E-state index < -0.39 is 0 Å². The zero-order valence-electron chi connectivity index (χ0n) is 24.4. The lowest BCUT2D eigenvalue weighted by atomic mass is 9.70. The van der Waals surface area contributed by atoms with Gasteiger partial charge in [-0.05, 0) is 111 Å². The second-order valence-electron chi connectivity index (χ2n) is 12.3. The van der Waals surface area contributed by atoms with Crippen molar-refractivity contribution in [3.8, 4) is 0 Å². The Morgan fingerprint density at radius 3 is 0.929 bits per heavy atom. The third kappa shape index (κ3) is 5.11. The average Bonchev–Trinajstić information content (AvgIpc) is 3.01. The molecule has 2 aliphatic carbocycles. The standard InChI is InChI=1S/C40H40N2/c1-5-15-33(16-6-1)31-39(27-13-28-39)41(35-19-9-3-10-20-35)37-23-25-38(26-24-37)42(36-21-11-4-12-22-36)40(29-14-30-40)32-34-17-7-2-8-18-34/h1-12,15-26H,13-14,27-32H2. The fraction of sp³-hybridized carbons (Fsp3) is 0.250. The summed E-state index contributed by atoms with van der Waals surface area (Å²) in [7, 11) is 0. The largest absolute Gasteiger partial charge is 0.335 e. The van der Waals surface area contributed by atoms with Gasteiger partial charge in [-0.1, -0.05) is 97.1 Å². The van der Waals surface area contributed by atoms with E-state index in [1.54, 1.807) is 0 Å². The predicted molar refractivity (Wildman–Crippen MR) is 177 cm³/mol. The van der Waals surface area contributed by atoms with Crippen LogP contribution in [0.1, 0.15) is 49.7 Å². The normalized spacial score (nSPS) is 16.6. The number of nitrogens with zero attached hydrogens (tertiary/aromatic N) is 2. The summed E-state index contributed by atoms with van der Waals surface area (Å²) in [5, 5.41) is 0. The van der Waals surface area contributed by atoms with Crippen LogP contribution in [0.25, 0.3) is 0 Å². The highest BCUT2D eigenvalue weighted by Gasteiger charge is 2.45. The van der Waals surface area contributed by atoms with E-state index in [1.807, 2.05) is 0 Å². The number of hydrogen-bond donors (Lipinski definition) is 0. The van der Waals surface area contributed by atoms with Crippen molar-refractivity contribution < 1.29 is 0 Å². The fourth-order valence-electron chi connectivity index (χ4n) is 7.38. The van der Waals surface area contributed by atoms with Gasteiger partial charge in [0.05, 0.1) is 0 Å². The quantitative estimate of drug-likeness (QED) is 0.171. The van der Waals surface area contributed by atoms with Gasteiger partial charge in [0.2, 0.25) is 0 Å². The van der Waals surface area contributed by atoms with Gasteiger partial charge in [0, 0.05) is 33.8 Å². The Morgan fingerprint density at radius 1 is 0.357 bits per heavy atom. The van der Waals surface area contributed by atoms with E-state index in [0.29, 0.717) is 0 Å². The highest BCUT2D eigenvalue weighted by Crippen LogP contribution is 2.50. The molecule has 2 saturated carbocycles. The second kappa shape index (κ2) is 11.5. The molecule has 2 fully saturated rings. The number of anilines is 4. The van der Waals surface area contributed by atoms with Gasteiger partial charge in [-0.3, -0.25) is 0 Å². The summed E-state index contributed by atoms with van der Waals surface area (Å²) in [4.78, 5) is 5.28. The first kappa shape index (κ1) is 26.6. The minimum atomic E-state index is 0.0891. The Balaban J connectivity index is 1.27. The summed E-state index contributed by atoms with van der Waals surface area (Å²) < 4.78 is 0. The summed E-state index contributed by atoms with van der Waals surface area (Å²) in [6.07, 6.45) is 9.48. The topological polar surface area (TPSA) is 6.48 Å².